The molecular formula is C14H17Cl2NO. The predicted octanol–water partition coefficient (Wildman–Crippen LogP) is 4.03. The van der Waals surface area contributed by atoms with Crippen molar-refractivity contribution in [2.75, 3.05) is 13.1 Å². The first-order chi connectivity index (χ1) is 8.49. The fourth-order valence-corrected chi connectivity index (χ4v) is 2.93. The van der Waals surface area contributed by atoms with Gasteiger partial charge in [-0.05, 0) is 48.9 Å². The Morgan fingerprint density at radius 2 is 1.72 bits per heavy atom. The summed E-state index contributed by atoms with van der Waals surface area (Å²) in [5, 5.41) is 1.46. The maximum absolute atomic E-state index is 11.3. The third-order valence-electron chi connectivity index (χ3n) is 3.71. The number of rotatable bonds is 1. The molecule has 0 radical (unpaired) electrons. The highest BCUT2D eigenvalue weighted by atomic mass is 35.5. The van der Waals surface area contributed by atoms with Gasteiger partial charge in [0.1, 0.15) is 0 Å². The number of piperidine rings is 1. The lowest BCUT2D eigenvalue weighted by Gasteiger charge is -2.31. The molecule has 0 aromatic heterocycles. The van der Waals surface area contributed by atoms with Gasteiger partial charge in [0.15, 0.2) is 0 Å². The summed E-state index contributed by atoms with van der Waals surface area (Å²) < 4.78 is 0. The highest BCUT2D eigenvalue weighted by Crippen LogP contribution is 2.34. The van der Waals surface area contributed by atoms with E-state index in [-0.39, 0.29) is 5.91 Å². The minimum atomic E-state index is 0.161. The van der Waals surface area contributed by atoms with Crippen molar-refractivity contribution in [3.8, 4) is 0 Å². The highest BCUT2D eigenvalue weighted by molar-refractivity contribution is 6.36. The number of hydrogen-bond donors (Lipinski definition) is 0. The molecule has 0 saturated carbocycles. The molecule has 1 aromatic rings. The molecule has 1 aliphatic rings. The molecule has 1 amide bonds. The van der Waals surface area contributed by atoms with Crippen LogP contribution in [0.5, 0.6) is 0 Å². The molecule has 1 aliphatic heterocycles. The van der Waals surface area contributed by atoms with Crippen LogP contribution < -0.4 is 0 Å². The molecule has 4 heteroatoms. The molecule has 1 saturated heterocycles. The topological polar surface area (TPSA) is 20.3 Å². The van der Waals surface area contributed by atoms with Crippen LogP contribution in [0.25, 0.3) is 0 Å². The second-order valence-electron chi connectivity index (χ2n) is 4.89. The Hall–Kier alpha value is -0.730. The van der Waals surface area contributed by atoms with Gasteiger partial charge in [-0.25, -0.2) is 0 Å². The molecule has 2 nitrogen and oxygen atoms in total. The summed E-state index contributed by atoms with van der Waals surface area (Å²) in [5.41, 5.74) is 2.13. The Kier molecular flexibility index (Phi) is 4.18. The molecule has 1 aromatic carbocycles. The second kappa shape index (κ2) is 5.50. The van der Waals surface area contributed by atoms with Gasteiger partial charge in [0.25, 0.3) is 0 Å². The Morgan fingerprint density at radius 1 is 1.22 bits per heavy atom. The van der Waals surface area contributed by atoms with Gasteiger partial charge < -0.3 is 4.90 Å². The first-order valence-electron chi connectivity index (χ1n) is 6.20. The van der Waals surface area contributed by atoms with Gasteiger partial charge in [-0.3, -0.25) is 4.79 Å². The summed E-state index contributed by atoms with van der Waals surface area (Å²) in [5.74, 6) is 0.615. The van der Waals surface area contributed by atoms with Crippen LogP contribution >= 0.6 is 23.2 Å². The summed E-state index contributed by atoms with van der Waals surface area (Å²) >= 11 is 12.3. The Morgan fingerprint density at radius 3 is 2.17 bits per heavy atom. The number of hydrogen-bond acceptors (Lipinski definition) is 1. The SMILES string of the molecule is CC(=O)N1CCC(c2cc(Cl)c(C)c(Cl)c2)CC1. The van der Waals surface area contributed by atoms with E-state index in [0.29, 0.717) is 5.92 Å². The van der Waals surface area contributed by atoms with Crippen LogP contribution in [-0.4, -0.2) is 23.9 Å². The minimum Gasteiger partial charge on any atom is -0.343 e. The molecule has 0 aliphatic carbocycles. The lowest BCUT2D eigenvalue weighted by molar-refractivity contribution is -0.129. The largest absolute Gasteiger partial charge is 0.343 e. The zero-order chi connectivity index (χ0) is 13.3. The molecular weight excluding hydrogens is 269 g/mol. The van der Waals surface area contributed by atoms with Gasteiger partial charge in [-0.2, -0.15) is 0 Å². The third kappa shape index (κ3) is 2.81. The standard InChI is InChI=1S/C14H17Cl2NO/c1-9-13(15)7-12(8-14(9)16)11-3-5-17(6-4-11)10(2)18/h7-8,11H,3-6H2,1-2H3. The molecule has 1 heterocycles. The van der Waals surface area contributed by atoms with E-state index in [1.54, 1.807) is 6.92 Å². The number of amides is 1. The zero-order valence-electron chi connectivity index (χ0n) is 10.7. The lowest BCUT2D eigenvalue weighted by Crippen LogP contribution is -2.36. The zero-order valence-corrected chi connectivity index (χ0v) is 12.2. The minimum absolute atomic E-state index is 0.161. The number of nitrogens with zero attached hydrogens (tertiary/aromatic N) is 1. The lowest BCUT2D eigenvalue weighted by atomic mass is 9.89. The van der Waals surface area contributed by atoms with Crippen LogP contribution in [0.4, 0.5) is 0 Å². The van der Waals surface area contributed by atoms with Gasteiger partial charge in [-0.15, -0.1) is 0 Å². The van der Waals surface area contributed by atoms with E-state index in [1.165, 1.54) is 5.56 Å². The summed E-state index contributed by atoms with van der Waals surface area (Å²) in [4.78, 5) is 13.2. The second-order valence-corrected chi connectivity index (χ2v) is 5.70. The molecule has 0 spiro atoms. The van der Waals surface area contributed by atoms with Gasteiger partial charge in [0.2, 0.25) is 5.91 Å². The molecule has 0 atom stereocenters. The average molecular weight is 286 g/mol. The molecule has 2 rings (SSSR count). The van der Waals surface area contributed by atoms with Crippen molar-refractivity contribution in [1.82, 2.24) is 4.90 Å². The van der Waals surface area contributed by atoms with Crippen LogP contribution in [0.3, 0.4) is 0 Å². The number of benzene rings is 1. The van der Waals surface area contributed by atoms with Gasteiger partial charge in [0, 0.05) is 30.1 Å². The van der Waals surface area contributed by atoms with E-state index in [1.807, 2.05) is 24.0 Å². The number of carbonyl (C=O) groups excluding carboxylic acids is 1. The van der Waals surface area contributed by atoms with Crippen molar-refractivity contribution >= 4 is 29.1 Å². The van der Waals surface area contributed by atoms with Crippen molar-refractivity contribution in [3.05, 3.63) is 33.3 Å². The maximum atomic E-state index is 11.3. The van der Waals surface area contributed by atoms with Gasteiger partial charge >= 0.3 is 0 Å². The smallest absolute Gasteiger partial charge is 0.219 e. The van der Waals surface area contributed by atoms with E-state index in [4.69, 9.17) is 23.2 Å². The van der Waals surface area contributed by atoms with Crippen molar-refractivity contribution in [2.24, 2.45) is 0 Å². The van der Waals surface area contributed by atoms with E-state index in [0.717, 1.165) is 41.5 Å². The fourth-order valence-electron chi connectivity index (χ4n) is 2.43. The fraction of sp³-hybridized carbons (Fsp3) is 0.500. The van der Waals surface area contributed by atoms with Crippen molar-refractivity contribution < 1.29 is 4.79 Å². The maximum Gasteiger partial charge on any atom is 0.219 e. The van der Waals surface area contributed by atoms with E-state index >= 15 is 0 Å². The summed E-state index contributed by atoms with van der Waals surface area (Å²) in [7, 11) is 0. The van der Waals surface area contributed by atoms with Crippen molar-refractivity contribution in [2.45, 2.75) is 32.6 Å². The first-order valence-corrected chi connectivity index (χ1v) is 6.95. The van der Waals surface area contributed by atoms with Crippen LogP contribution in [0.15, 0.2) is 12.1 Å². The average Bonchev–Trinajstić information content (AvgIpc) is 2.35. The number of halogens is 2. The van der Waals surface area contributed by atoms with Crippen molar-refractivity contribution in [3.63, 3.8) is 0 Å². The normalized spacial score (nSPS) is 17.0. The summed E-state index contributed by atoms with van der Waals surface area (Å²) in [6, 6.07) is 4.02. The summed E-state index contributed by atoms with van der Waals surface area (Å²) in [6.45, 7) is 5.19. The Labute approximate surface area is 118 Å². The number of carbonyl (C=O) groups is 1. The van der Waals surface area contributed by atoms with Crippen LogP contribution in [0.2, 0.25) is 10.0 Å². The Balaban J connectivity index is 2.12. The van der Waals surface area contributed by atoms with Crippen LogP contribution in [-0.2, 0) is 4.79 Å². The van der Waals surface area contributed by atoms with Crippen LogP contribution in [0, 0.1) is 6.92 Å². The van der Waals surface area contributed by atoms with Crippen molar-refractivity contribution in [1.29, 1.82) is 0 Å². The Bertz CT molecular complexity index is 442. The molecule has 0 bridgehead atoms. The molecule has 0 unspecified atom stereocenters. The van der Waals surface area contributed by atoms with Crippen LogP contribution in [0.1, 0.15) is 36.8 Å². The monoisotopic (exact) mass is 285 g/mol. The molecule has 98 valence electrons. The first kappa shape index (κ1) is 13.7. The van der Waals surface area contributed by atoms with E-state index in [2.05, 4.69) is 0 Å². The number of likely N-dealkylation sites (tertiary alicyclic amines) is 1. The van der Waals surface area contributed by atoms with E-state index < -0.39 is 0 Å². The quantitative estimate of drug-likeness (QED) is 0.763. The van der Waals surface area contributed by atoms with Gasteiger partial charge in [-0.1, -0.05) is 23.2 Å². The molecule has 1 fully saturated rings. The molecule has 18 heavy (non-hydrogen) atoms. The van der Waals surface area contributed by atoms with E-state index in [9.17, 15) is 4.79 Å². The highest BCUT2D eigenvalue weighted by Gasteiger charge is 2.22. The van der Waals surface area contributed by atoms with Gasteiger partial charge in [0.05, 0.1) is 0 Å². The molecule has 0 N–H and O–H groups in total. The third-order valence-corrected chi connectivity index (χ3v) is 4.50. The predicted molar refractivity (Wildman–Crippen MR) is 75.4 cm³/mol. The summed E-state index contributed by atoms with van der Waals surface area (Å²) in [6.07, 6.45) is 1.96.